The molecular weight excluding hydrogens is 228 g/mol. The first-order valence-electron chi connectivity index (χ1n) is 5.09. The van der Waals surface area contributed by atoms with E-state index in [1.807, 2.05) is 6.92 Å². The zero-order valence-electron chi connectivity index (χ0n) is 9.40. The minimum Gasteiger partial charge on any atom is -0.389 e. The summed E-state index contributed by atoms with van der Waals surface area (Å²) in [5.41, 5.74) is 0.158. The van der Waals surface area contributed by atoms with Gasteiger partial charge in [0.15, 0.2) is 0 Å². The Kier molecular flexibility index (Phi) is 4.40. The van der Waals surface area contributed by atoms with E-state index in [4.69, 9.17) is 0 Å². The van der Waals surface area contributed by atoms with Crippen molar-refractivity contribution >= 4 is 16.3 Å². The molecule has 1 aromatic heterocycles. The van der Waals surface area contributed by atoms with E-state index in [9.17, 15) is 15.2 Å². The van der Waals surface area contributed by atoms with Gasteiger partial charge in [0.25, 0.3) is 0 Å². The van der Waals surface area contributed by atoms with Gasteiger partial charge in [-0.05, 0) is 18.9 Å². The Morgan fingerprint density at radius 3 is 2.88 bits per heavy atom. The number of thiophene rings is 1. The van der Waals surface area contributed by atoms with E-state index < -0.39 is 10.5 Å². The Morgan fingerprint density at radius 1 is 1.69 bits per heavy atom. The molecule has 0 aliphatic carbocycles. The molecule has 1 aromatic rings. The molecule has 0 fully saturated rings. The minimum atomic E-state index is -0.720. The van der Waals surface area contributed by atoms with Crippen LogP contribution in [0.15, 0.2) is 11.4 Å². The highest BCUT2D eigenvalue weighted by Crippen LogP contribution is 2.22. The third-order valence-corrected chi connectivity index (χ3v) is 3.35. The molecule has 0 saturated carbocycles. The summed E-state index contributed by atoms with van der Waals surface area (Å²) in [5, 5.41) is 25.2. The van der Waals surface area contributed by atoms with Crippen LogP contribution in [0.2, 0.25) is 0 Å². The van der Waals surface area contributed by atoms with Gasteiger partial charge in [0.05, 0.1) is 10.5 Å². The van der Waals surface area contributed by atoms with Crippen LogP contribution in [0.25, 0.3) is 0 Å². The predicted molar refractivity (Wildman–Crippen MR) is 63.6 cm³/mol. The second-order valence-electron chi connectivity index (χ2n) is 4.00. The molecule has 1 rings (SSSR count). The predicted octanol–water partition coefficient (Wildman–Crippen LogP) is 1.91. The molecule has 2 N–H and O–H groups in total. The van der Waals surface area contributed by atoms with E-state index in [1.165, 1.54) is 0 Å². The number of nitro groups is 1. The van der Waals surface area contributed by atoms with E-state index >= 15 is 0 Å². The van der Waals surface area contributed by atoms with E-state index in [2.05, 4.69) is 5.32 Å². The zero-order valence-corrected chi connectivity index (χ0v) is 10.2. The maximum absolute atomic E-state index is 10.4. The lowest BCUT2D eigenvalue weighted by atomic mass is 10.0. The summed E-state index contributed by atoms with van der Waals surface area (Å²) in [7, 11) is 0. The van der Waals surface area contributed by atoms with E-state index in [0.717, 1.165) is 16.9 Å². The Bertz CT molecular complexity index is 363. The molecule has 0 aliphatic heterocycles. The molecule has 90 valence electrons. The maximum atomic E-state index is 10.4. The summed E-state index contributed by atoms with van der Waals surface area (Å²) in [6, 6.07) is 1.55. The van der Waals surface area contributed by atoms with Crippen molar-refractivity contribution in [3.05, 3.63) is 27.1 Å². The average Bonchev–Trinajstić information content (AvgIpc) is 2.66. The van der Waals surface area contributed by atoms with Crippen molar-refractivity contribution in [3.8, 4) is 0 Å². The molecule has 0 saturated heterocycles. The van der Waals surface area contributed by atoms with Crippen molar-refractivity contribution in [1.29, 1.82) is 0 Å². The summed E-state index contributed by atoms with van der Waals surface area (Å²) in [5.74, 6) is 0. The van der Waals surface area contributed by atoms with Crippen LogP contribution in [0.4, 0.5) is 5.00 Å². The molecule has 0 spiro atoms. The highest BCUT2D eigenvalue weighted by atomic mass is 32.1. The Hall–Kier alpha value is -0.980. The SMILES string of the molecule is CCC(C)(O)CNCc1csc([N+](=O)[O-])c1. The number of rotatable bonds is 6. The smallest absolute Gasteiger partial charge is 0.324 e. The fraction of sp³-hybridized carbons (Fsp3) is 0.600. The van der Waals surface area contributed by atoms with Crippen LogP contribution in [0.5, 0.6) is 0 Å². The highest BCUT2D eigenvalue weighted by Gasteiger charge is 2.16. The maximum Gasteiger partial charge on any atom is 0.324 e. The van der Waals surface area contributed by atoms with Gasteiger partial charge in [-0.15, -0.1) is 0 Å². The fourth-order valence-corrected chi connectivity index (χ4v) is 1.88. The summed E-state index contributed by atoms with van der Waals surface area (Å²) in [4.78, 5) is 10.1. The first-order chi connectivity index (χ1) is 7.44. The standard InChI is InChI=1S/C10H16N2O3S/c1-3-10(2,13)7-11-5-8-4-9(12(14)15)16-6-8/h4,6,11,13H,3,5,7H2,1-2H3. The van der Waals surface area contributed by atoms with E-state index in [1.54, 1.807) is 18.4 Å². The minimum absolute atomic E-state index is 0.152. The Labute approximate surface area is 98.3 Å². The van der Waals surface area contributed by atoms with Crippen LogP contribution < -0.4 is 5.32 Å². The summed E-state index contributed by atoms with van der Waals surface area (Å²) in [6.07, 6.45) is 0.670. The fourth-order valence-electron chi connectivity index (χ4n) is 1.15. The van der Waals surface area contributed by atoms with Crippen molar-refractivity contribution in [2.75, 3.05) is 6.54 Å². The number of hydrogen-bond donors (Lipinski definition) is 2. The van der Waals surface area contributed by atoms with Gasteiger partial charge in [-0.2, -0.15) is 0 Å². The highest BCUT2D eigenvalue weighted by molar-refractivity contribution is 7.13. The van der Waals surface area contributed by atoms with Gasteiger partial charge >= 0.3 is 5.00 Å². The van der Waals surface area contributed by atoms with Gasteiger partial charge in [-0.25, -0.2) is 0 Å². The third kappa shape index (κ3) is 3.88. The van der Waals surface area contributed by atoms with Crippen LogP contribution in [-0.2, 0) is 6.54 Å². The van der Waals surface area contributed by atoms with Crippen LogP contribution in [0, 0.1) is 10.1 Å². The van der Waals surface area contributed by atoms with Crippen LogP contribution in [-0.4, -0.2) is 22.2 Å². The molecule has 0 bridgehead atoms. The molecule has 16 heavy (non-hydrogen) atoms. The molecule has 0 aromatic carbocycles. The average molecular weight is 244 g/mol. The Balaban J connectivity index is 2.40. The van der Waals surface area contributed by atoms with Gasteiger partial charge in [-0.1, -0.05) is 18.3 Å². The van der Waals surface area contributed by atoms with Gasteiger partial charge in [0, 0.05) is 24.5 Å². The molecular formula is C10H16N2O3S. The van der Waals surface area contributed by atoms with Gasteiger partial charge < -0.3 is 10.4 Å². The second kappa shape index (κ2) is 5.38. The van der Waals surface area contributed by atoms with Crippen molar-refractivity contribution in [3.63, 3.8) is 0 Å². The molecule has 1 heterocycles. The third-order valence-electron chi connectivity index (χ3n) is 2.42. The summed E-state index contributed by atoms with van der Waals surface area (Å²) in [6.45, 7) is 4.70. The van der Waals surface area contributed by atoms with Crippen molar-refractivity contribution in [2.45, 2.75) is 32.4 Å². The van der Waals surface area contributed by atoms with Gasteiger partial charge in [0.2, 0.25) is 0 Å². The quantitative estimate of drug-likeness (QED) is 0.592. The van der Waals surface area contributed by atoms with Crippen molar-refractivity contribution in [1.82, 2.24) is 5.32 Å². The van der Waals surface area contributed by atoms with Crippen LogP contribution in [0.1, 0.15) is 25.8 Å². The van der Waals surface area contributed by atoms with Crippen molar-refractivity contribution < 1.29 is 10.0 Å². The number of hydrogen-bond acceptors (Lipinski definition) is 5. The first kappa shape index (κ1) is 13.1. The largest absolute Gasteiger partial charge is 0.389 e. The molecule has 0 amide bonds. The van der Waals surface area contributed by atoms with Gasteiger partial charge in [0.1, 0.15) is 0 Å². The van der Waals surface area contributed by atoms with E-state index in [0.29, 0.717) is 19.5 Å². The topological polar surface area (TPSA) is 75.4 Å². The molecule has 0 radical (unpaired) electrons. The number of nitrogens with one attached hydrogen (secondary N) is 1. The van der Waals surface area contributed by atoms with Crippen LogP contribution >= 0.6 is 11.3 Å². The molecule has 0 aliphatic rings. The second-order valence-corrected chi connectivity index (χ2v) is 4.89. The lowest BCUT2D eigenvalue weighted by Gasteiger charge is -2.21. The Morgan fingerprint density at radius 2 is 2.38 bits per heavy atom. The lowest BCUT2D eigenvalue weighted by Crippen LogP contribution is -2.36. The van der Waals surface area contributed by atoms with Gasteiger partial charge in [-0.3, -0.25) is 10.1 Å². The normalized spacial score (nSPS) is 14.7. The number of aliphatic hydroxyl groups is 1. The molecule has 1 atom stereocenters. The number of nitrogens with zero attached hydrogens (tertiary/aromatic N) is 1. The van der Waals surface area contributed by atoms with Crippen LogP contribution in [0.3, 0.4) is 0 Å². The zero-order chi connectivity index (χ0) is 12.2. The summed E-state index contributed by atoms with van der Waals surface area (Å²) < 4.78 is 0. The lowest BCUT2D eigenvalue weighted by molar-refractivity contribution is -0.380. The molecule has 6 heteroatoms. The van der Waals surface area contributed by atoms with E-state index in [-0.39, 0.29) is 5.00 Å². The monoisotopic (exact) mass is 244 g/mol. The molecule has 5 nitrogen and oxygen atoms in total. The molecule has 1 unspecified atom stereocenters. The van der Waals surface area contributed by atoms with Crippen molar-refractivity contribution in [2.24, 2.45) is 0 Å². The summed E-state index contributed by atoms with van der Waals surface area (Å²) >= 11 is 1.12. The first-order valence-corrected chi connectivity index (χ1v) is 5.97.